The fraction of sp³-hybridized carbons (Fsp3) is 0. The third-order valence-electron chi connectivity index (χ3n) is 9.62. The minimum atomic E-state index is 0.571. The van der Waals surface area contributed by atoms with Gasteiger partial charge in [0, 0.05) is 27.1 Å². The lowest BCUT2D eigenvalue weighted by Gasteiger charge is -2.13. The molecule has 0 N–H and O–H groups in total. The molecule has 0 amide bonds. The van der Waals surface area contributed by atoms with Gasteiger partial charge in [-0.1, -0.05) is 146 Å². The monoisotopic (exact) mass is 639 g/mol. The lowest BCUT2D eigenvalue weighted by molar-refractivity contribution is 0.893. The Bertz CT molecular complexity index is 2630. The lowest BCUT2D eigenvalue weighted by atomic mass is 9.99. The number of rotatable bonds is 5. The molecule has 50 heavy (non-hydrogen) atoms. The van der Waals surface area contributed by atoms with E-state index in [1.54, 1.807) is 0 Å². The van der Waals surface area contributed by atoms with Gasteiger partial charge in [0.2, 0.25) is 11.9 Å². The van der Waals surface area contributed by atoms with Crippen LogP contribution in [0.25, 0.3) is 89.2 Å². The van der Waals surface area contributed by atoms with Crippen LogP contribution in [0.15, 0.2) is 176 Å². The van der Waals surface area contributed by atoms with Crippen molar-refractivity contribution in [3.8, 4) is 45.5 Å². The molecule has 0 saturated heterocycles. The third kappa shape index (κ3) is 4.52. The van der Waals surface area contributed by atoms with Crippen LogP contribution < -0.4 is 0 Å². The second kappa shape index (κ2) is 11.4. The van der Waals surface area contributed by atoms with Gasteiger partial charge in [0.1, 0.15) is 0 Å². The van der Waals surface area contributed by atoms with Crippen LogP contribution in [0, 0.1) is 0 Å². The predicted octanol–water partition coefficient (Wildman–Crippen LogP) is 11.1. The van der Waals surface area contributed by atoms with E-state index in [2.05, 4.69) is 179 Å². The molecule has 0 spiro atoms. The Labute approximate surface area is 288 Å². The molecule has 0 fully saturated rings. The normalized spacial score (nSPS) is 11.6. The molecule has 10 aromatic rings. The maximum absolute atomic E-state index is 5.27. The second-order valence-corrected chi connectivity index (χ2v) is 12.5. The van der Waals surface area contributed by atoms with Gasteiger partial charge >= 0.3 is 0 Å². The summed E-state index contributed by atoms with van der Waals surface area (Å²) in [6.07, 6.45) is 0. The maximum Gasteiger partial charge on any atom is 0.240 e. The van der Waals surface area contributed by atoms with E-state index in [9.17, 15) is 0 Å². The molecule has 7 aromatic carbocycles. The third-order valence-corrected chi connectivity index (χ3v) is 9.62. The van der Waals surface area contributed by atoms with Gasteiger partial charge in [0.25, 0.3) is 0 Å². The summed E-state index contributed by atoms with van der Waals surface area (Å²) >= 11 is 0. The molecule has 5 nitrogen and oxygen atoms in total. The van der Waals surface area contributed by atoms with Crippen LogP contribution in [0.2, 0.25) is 0 Å². The second-order valence-electron chi connectivity index (χ2n) is 12.5. The van der Waals surface area contributed by atoms with Crippen molar-refractivity contribution in [3.05, 3.63) is 176 Å². The van der Waals surface area contributed by atoms with Crippen LogP contribution in [-0.4, -0.2) is 24.1 Å². The van der Waals surface area contributed by atoms with Crippen LogP contribution in [-0.2, 0) is 0 Å². The predicted molar refractivity (Wildman–Crippen MR) is 205 cm³/mol. The Morgan fingerprint density at radius 1 is 0.280 bits per heavy atom. The highest BCUT2D eigenvalue weighted by atomic mass is 15.3. The van der Waals surface area contributed by atoms with Crippen LogP contribution in [0.5, 0.6) is 0 Å². The van der Waals surface area contributed by atoms with E-state index in [1.807, 2.05) is 6.07 Å². The van der Waals surface area contributed by atoms with E-state index in [-0.39, 0.29) is 0 Å². The largest absolute Gasteiger partial charge is 0.278 e. The molecule has 3 heterocycles. The molecule has 0 radical (unpaired) electrons. The molecule has 0 bridgehead atoms. The smallest absolute Gasteiger partial charge is 0.240 e. The molecule has 10 rings (SSSR count). The Kier molecular flexibility index (Phi) is 6.42. The quantitative estimate of drug-likeness (QED) is 0.188. The standard InChI is InChI=1S/C45H29N5/c1-2-13-30(14-3-1)31-25-27-32(28-26-31)33-15-12-16-34(29-33)43-46-44(49-39-21-8-4-17-35(39)36-18-5-9-22-40(36)49)48-45(47-43)50-41-23-10-6-19-37(41)38-20-7-11-24-42(38)50/h1-29H. The highest BCUT2D eigenvalue weighted by molar-refractivity contribution is 6.10. The molecule has 3 aromatic heterocycles. The van der Waals surface area contributed by atoms with E-state index in [0.29, 0.717) is 17.7 Å². The van der Waals surface area contributed by atoms with E-state index in [0.717, 1.165) is 60.3 Å². The SMILES string of the molecule is c1ccc(-c2ccc(-c3cccc(-c4nc(-n5c6ccccc6c6ccccc65)nc(-n5c6ccccc6c6ccccc65)n4)c3)cc2)cc1. The van der Waals surface area contributed by atoms with Crippen LogP contribution >= 0.6 is 0 Å². The zero-order valence-corrected chi connectivity index (χ0v) is 27.0. The number of aromatic nitrogens is 5. The molecule has 5 heteroatoms. The molecular formula is C45H29N5. The Morgan fingerprint density at radius 3 is 1.12 bits per heavy atom. The van der Waals surface area contributed by atoms with Crippen LogP contribution in [0.4, 0.5) is 0 Å². The summed E-state index contributed by atoms with van der Waals surface area (Å²) in [6.45, 7) is 0. The zero-order valence-electron chi connectivity index (χ0n) is 27.0. The van der Waals surface area contributed by atoms with Crippen molar-refractivity contribution in [1.82, 2.24) is 24.1 Å². The summed E-state index contributed by atoms with van der Waals surface area (Å²) in [6, 6.07) is 61.5. The van der Waals surface area contributed by atoms with Crippen molar-refractivity contribution >= 4 is 43.6 Å². The average molecular weight is 640 g/mol. The van der Waals surface area contributed by atoms with Crippen molar-refractivity contribution in [2.75, 3.05) is 0 Å². The number of hydrogen-bond acceptors (Lipinski definition) is 3. The molecule has 0 saturated carbocycles. The minimum Gasteiger partial charge on any atom is -0.278 e. The number of benzene rings is 7. The van der Waals surface area contributed by atoms with Crippen molar-refractivity contribution in [2.24, 2.45) is 0 Å². The van der Waals surface area contributed by atoms with E-state index >= 15 is 0 Å². The van der Waals surface area contributed by atoms with Gasteiger partial charge in [-0.3, -0.25) is 9.13 Å². The maximum atomic E-state index is 5.27. The fourth-order valence-electron chi connectivity index (χ4n) is 7.28. The van der Waals surface area contributed by atoms with Crippen LogP contribution in [0.3, 0.4) is 0 Å². The van der Waals surface area contributed by atoms with Crippen molar-refractivity contribution in [1.29, 1.82) is 0 Å². The first-order chi connectivity index (χ1) is 24.8. The highest BCUT2D eigenvalue weighted by Gasteiger charge is 2.20. The molecule has 0 unspecified atom stereocenters. The van der Waals surface area contributed by atoms with Crippen molar-refractivity contribution in [2.45, 2.75) is 0 Å². The highest BCUT2D eigenvalue weighted by Crippen LogP contribution is 2.35. The first-order valence-corrected chi connectivity index (χ1v) is 16.8. The van der Waals surface area contributed by atoms with Crippen molar-refractivity contribution < 1.29 is 0 Å². The molecular weight excluding hydrogens is 611 g/mol. The van der Waals surface area contributed by atoms with Crippen LogP contribution in [0.1, 0.15) is 0 Å². The van der Waals surface area contributed by atoms with Gasteiger partial charge in [-0.2, -0.15) is 15.0 Å². The lowest BCUT2D eigenvalue weighted by Crippen LogP contribution is -2.10. The Morgan fingerprint density at radius 2 is 0.640 bits per heavy atom. The minimum absolute atomic E-state index is 0.571. The zero-order chi connectivity index (χ0) is 33.0. The topological polar surface area (TPSA) is 48.5 Å². The fourth-order valence-corrected chi connectivity index (χ4v) is 7.28. The summed E-state index contributed by atoms with van der Waals surface area (Å²) in [5.41, 5.74) is 9.73. The number of hydrogen-bond donors (Lipinski definition) is 0. The Balaban J connectivity index is 1.20. The first kappa shape index (κ1) is 28.2. The molecule has 0 aliphatic carbocycles. The first-order valence-electron chi connectivity index (χ1n) is 16.8. The van der Waals surface area contributed by atoms with Gasteiger partial charge in [-0.05, 0) is 52.6 Å². The van der Waals surface area contributed by atoms with E-state index in [4.69, 9.17) is 15.0 Å². The van der Waals surface area contributed by atoms with Gasteiger partial charge in [-0.15, -0.1) is 0 Å². The Hall–Kier alpha value is -6.85. The van der Waals surface area contributed by atoms with E-state index in [1.165, 1.54) is 11.1 Å². The summed E-state index contributed by atoms with van der Waals surface area (Å²) in [5.74, 6) is 1.75. The number of para-hydroxylation sites is 4. The summed E-state index contributed by atoms with van der Waals surface area (Å²) in [7, 11) is 0. The molecule has 234 valence electrons. The molecule has 0 atom stereocenters. The number of nitrogens with zero attached hydrogens (tertiary/aromatic N) is 5. The van der Waals surface area contributed by atoms with Gasteiger partial charge in [-0.25, -0.2) is 0 Å². The average Bonchev–Trinajstić information content (AvgIpc) is 3.71. The molecule has 0 aliphatic rings. The van der Waals surface area contributed by atoms with Gasteiger partial charge < -0.3 is 0 Å². The number of fused-ring (bicyclic) bond motifs is 6. The summed E-state index contributed by atoms with van der Waals surface area (Å²) < 4.78 is 4.33. The van der Waals surface area contributed by atoms with E-state index < -0.39 is 0 Å². The van der Waals surface area contributed by atoms with Gasteiger partial charge in [0.05, 0.1) is 22.1 Å². The van der Waals surface area contributed by atoms with Gasteiger partial charge in [0.15, 0.2) is 5.82 Å². The molecule has 0 aliphatic heterocycles. The van der Waals surface area contributed by atoms with Crippen molar-refractivity contribution in [3.63, 3.8) is 0 Å². The summed E-state index contributed by atoms with van der Waals surface area (Å²) in [5, 5.41) is 4.63. The summed E-state index contributed by atoms with van der Waals surface area (Å²) in [4.78, 5) is 15.7.